The van der Waals surface area contributed by atoms with E-state index in [9.17, 15) is 14.6 Å². The third kappa shape index (κ3) is 8.34. The predicted octanol–water partition coefficient (Wildman–Crippen LogP) is 6.95. The van der Waals surface area contributed by atoms with Gasteiger partial charge in [-0.3, -0.25) is 4.57 Å². The first-order valence-corrected chi connectivity index (χ1v) is 12.4. The van der Waals surface area contributed by atoms with Crippen molar-refractivity contribution in [1.82, 2.24) is 0 Å². The second-order valence-corrected chi connectivity index (χ2v) is 9.56. The van der Waals surface area contributed by atoms with Crippen molar-refractivity contribution in [2.24, 2.45) is 5.92 Å². The summed E-state index contributed by atoms with van der Waals surface area (Å²) in [5.74, 6) is 0.711. The Labute approximate surface area is 176 Å². The fourth-order valence-electron chi connectivity index (χ4n) is 3.41. The smallest absolute Gasteiger partial charge is 0.325 e. The number of benzene rings is 1. The fraction of sp³-hybridized carbons (Fsp3) is 0.500. The van der Waals surface area contributed by atoms with Crippen LogP contribution in [0.5, 0.6) is 0 Å². The van der Waals surface area contributed by atoms with Crippen molar-refractivity contribution >= 4 is 7.60 Å². The van der Waals surface area contributed by atoms with Crippen molar-refractivity contribution in [3.63, 3.8) is 0 Å². The lowest BCUT2D eigenvalue weighted by atomic mass is 9.89. The highest BCUT2D eigenvalue weighted by Gasteiger charge is 2.14. The van der Waals surface area contributed by atoms with Gasteiger partial charge in [-0.05, 0) is 72.9 Å². The molecule has 0 heterocycles. The van der Waals surface area contributed by atoms with Crippen LogP contribution >= 0.6 is 7.60 Å². The molecular formula is C24H37O4P. The minimum atomic E-state index is -3.47. The topological polar surface area (TPSA) is 66.8 Å². The van der Waals surface area contributed by atoms with E-state index in [4.69, 9.17) is 4.52 Å². The van der Waals surface area contributed by atoms with E-state index in [1.54, 1.807) is 0 Å². The molecule has 0 fully saturated rings. The van der Waals surface area contributed by atoms with E-state index < -0.39 is 7.60 Å². The van der Waals surface area contributed by atoms with Crippen LogP contribution in [-0.2, 0) is 22.1 Å². The minimum Gasteiger partial charge on any atom is -0.508 e. The monoisotopic (exact) mass is 420 g/mol. The lowest BCUT2D eigenvalue weighted by Crippen LogP contribution is -2.03. The molecule has 0 bridgehead atoms. The zero-order valence-electron chi connectivity index (χ0n) is 19.0. The van der Waals surface area contributed by atoms with Crippen molar-refractivity contribution in [2.45, 2.75) is 67.4 Å². The molecule has 1 aromatic rings. The van der Waals surface area contributed by atoms with E-state index in [0.29, 0.717) is 11.7 Å². The average Bonchev–Trinajstić information content (AvgIpc) is 2.61. The maximum absolute atomic E-state index is 11.3. The van der Waals surface area contributed by atoms with Crippen LogP contribution < -0.4 is 0 Å². The lowest BCUT2D eigenvalue weighted by Gasteiger charge is -2.17. The summed E-state index contributed by atoms with van der Waals surface area (Å²) in [7, 11) is -3.47. The fourth-order valence-corrected chi connectivity index (χ4v) is 3.80. The molecule has 1 aromatic carbocycles. The van der Waals surface area contributed by atoms with Crippen molar-refractivity contribution in [3.05, 3.63) is 69.5 Å². The van der Waals surface area contributed by atoms with Gasteiger partial charge < -0.3 is 14.5 Å². The Morgan fingerprint density at radius 1 is 1.14 bits per heavy atom. The highest BCUT2D eigenvalue weighted by molar-refractivity contribution is 7.51. The zero-order valence-corrected chi connectivity index (χ0v) is 19.8. The van der Waals surface area contributed by atoms with Crippen molar-refractivity contribution < 1.29 is 19.1 Å². The molecule has 2 N–H and O–H groups in total. The first-order chi connectivity index (χ1) is 13.6. The van der Waals surface area contributed by atoms with Crippen LogP contribution in [0.15, 0.2) is 47.3 Å². The maximum Gasteiger partial charge on any atom is 0.325 e. The van der Waals surface area contributed by atoms with Gasteiger partial charge in [0.05, 0.1) is 6.61 Å². The van der Waals surface area contributed by atoms with Crippen LogP contribution in [0.2, 0.25) is 0 Å². The molecule has 1 aliphatic carbocycles. The van der Waals surface area contributed by atoms with Gasteiger partial charge in [-0.1, -0.05) is 57.6 Å². The molecule has 0 saturated heterocycles. The van der Waals surface area contributed by atoms with E-state index in [0.717, 1.165) is 41.5 Å². The Kier molecular flexibility index (Phi) is 10.1. The van der Waals surface area contributed by atoms with Crippen LogP contribution in [0.3, 0.4) is 0 Å². The van der Waals surface area contributed by atoms with Gasteiger partial charge in [0, 0.05) is 6.66 Å². The normalized spacial score (nSPS) is 20.8. The van der Waals surface area contributed by atoms with Gasteiger partial charge in [0.2, 0.25) is 0 Å². The molecule has 0 radical (unpaired) electrons. The number of aliphatic hydroxyl groups excluding tert-OH is 1. The first kappa shape index (κ1) is 25.4. The molecule has 1 unspecified atom stereocenters. The molecule has 5 heteroatoms. The molecule has 0 saturated carbocycles. The Balaban J connectivity index is 0.00000204. The molecule has 4 nitrogen and oxygen atoms in total. The van der Waals surface area contributed by atoms with E-state index in [-0.39, 0.29) is 6.61 Å². The number of rotatable bonds is 6. The molecular weight excluding hydrogens is 383 g/mol. The number of hydrogen-bond donors (Lipinski definition) is 2. The molecule has 0 amide bonds. The number of aliphatic hydroxyl groups is 1. The predicted molar refractivity (Wildman–Crippen MR) is 122 cm³/mol. The van der Waals surface area contributed by atoms with E-state index in [2.05, 4.69) is 33.8 Å². The van der Waals surface area contributed by atoms with Gasteiger partial charge in [0.1, 0.15) is 5.76 Å². The van der Waals surface area contributed by atoms with Gasteiger partial charge >= 0.3 is 7.60 Å². The standard InChI is InChI=1S/C22H31O4P.C2H6/c1-15(2)20-10-9-18(7-6-8-22(20)23)13-21-16(3)11-19(12-17(21)4)14-26-27(5,24)25;1-2/h6,8-9,11-12,15,23H,7,10,13-14H2,1-5H3,(H,24,25);1-2H3/b8-6?,18-9+,22-20-;. The van der Waals surface area contributed by atoms with Gasteiger partial charge in [0.15, 0.2) is 0 Å². The van der Waals surface area contributed by atoms with Crippen molar-refractivity contribution in [3.8, 4) is 0 Å². The van der Waals surface area contributed by atoms with E-state index >= 15 is 0 Å². The van der Waals surface area contributed by atoms with Crippen molar-refractivity contribution in [2.75, 3.05) is 6.66 Å². The summed E-state index contributed by atoms with van der Waals surface area (Å²) in [6.45, 7) is 13.7. The molecule has 2 rings (SSSR count). The maximum atomic E-state index is 11.3. The van der Waals surface area contributed by atoms with Crippen LogP contribution in [0.4, 0.5) is 0 Å². The molecule has 0 spiro atoms. The van der Waals surface area contributed by atoms with Crippen LogP contribution in [0, 0.1) is 19.8 Å². The highest BCUT2D eigenvalue weighted by Crippen LogP contribution is 2.38. The van der Waals surface area contributed by atoms with Gasteiger partial charge in [-0.15, -0.1) is 0 Å². The van der Waals surface area contributed by atoms with Crippen LogP contribution in [0.25, 0.3) is 0 Å². The van der Waals surface area contributed by atoms with Crippen LogP contribution in [0.1, 0.15) is 62.8 Å². The molecule has 0 aromatic heterocycles. The molecule has 1 atom stereocenters. The van der Waals surface area contributed by atoms with Gasteiger partial charge in [-0.25, -0.2) is 0 Å². The zero-order chi connectivity index (χ0) is 22.2. The first-order valence-electron chi connectivity index (χ1n) is 10.4. The van der Waals surface area contributed by atoms with Gasteiger partial charge in [0.25, 0.3) is 0 Å². The summed E-state index contributed by atoms with van der Waals surface area (Å²) in [5.41, 5.74) is 6.91. The third-order valence-corrected chi connectivity index (χ3v) is 5.53. The molecule has 162 valence electrons. The second-order valence-electron chi connectivity index (χ2n) is 7.70. The Morgan fingerprint density at radius 2 is 1.72 bits per heavy atom. The number of hydrogen-bond acceptors (Lipinski definition) is 3. The average molecular weight is 421 g/mol. The summed E-state index contributed by atoms with van der Waals surface area (Å²) < 4.78 is 16.4. The number of aryl methyl sites for hydroxylation is 2. The summed E-state index contributed by atoms with van der Waals surface area (Å²) in [5, 5.41) is 10.2. The summed E-state index contributed by atoms with van der Waals surface area (Å²) >= 11 is 0. The SMILES string of the molecule is CC.Cc1cc(COP(C)(=O)O)cc(C)c1C/C1=C/C/C(C(C)C)=C(/O)C=CC1. The number of allylic oxidation sites excluding steroid dienone is 5. The Morgan fingerprint density at radius 3 is 2.24 bits per heavy atom. The minimum absolute atomic E-state index is 0.138. The molecule has 29 heavy (non-hydrogen) atoms. The quantitative estimate of drug-likeness (QED) is 0.386. The van der Waals surface area contributed by atoms with Gasteiger partial charge in [-0.2, -0.15) is 0 Å². The van der Waals surface area contributed by atoms with E-state index in [1.165, 1.54) is 17.8 Å². The summed E-state index contributed by atoms with van der Waals surface area (Å²) in [4.78, 5) is 9.32. The Hall–Kier alpha value is -1.61. The van der Waals surface area contributed by atoms with Crippen molar-refractivity contribution in [1.29, 1.82) is 0 Å². The highest BCUT2D eigenvalue weighted by atomic mass is 31.2. The molecule has 0 aliphatic heterocycles. The Bertz CT molecular complexity index is 802. The summed E-state index contributed by atoms with van der Waals surface area (Å²) in [6.07, 6.45) is 8.54. The molecule has 1 aliphatic rings. The van der Waals surface area contributed by atoms with Crippen LogP contribution in [-0.4, -0.2) is 16.7 Å². The largest absolute Gasteiger partial charge is 0.508 e. The summed E-state index contributed by atoms with van der Waals surface area (Å²) in [6, 6.07) is 4.06. The second kappa shape index (κ2) is 11.5. The third-order valence-electron chi connectivity index (χ3n) is 4.92. The van der Waals surface area contributed by atoms with E-state index in [1.807, 2.05) is 38.1 Å². The lowest BCUT2D eigenvalue weighted by molar-refractivity contribution is 0.255.